The van der Waals surface area contributed by atoms with Crippen molar-refractivity contribution in [3.05, 3.63) is 180 Å². The molecule has 0 bridgehead atoms. The number of benzene rings is 3. The number of fused-ring (bicyclic) bond motifs is 2. The zero-order valence-electron chi connectivity index (χ0n) is 54.6. The van der Waals surface area contributed by atoms with Gasteiger partial charge in [-0.2, -0.15) is 26.3 Å². The number of alkyl halides is 6. The van der Waals surface area contributed by atoms with E-state index in [1.54, 1.807) is 84.9 Å². The molecule has 24 nitrogen and oxygen atoms in total. The van der Waals surface area contributed by atoms with Gasteiger partial charge in [0, 0.05) is 84.9 Å². The fraction of sp³-hybridized carbons (Fsp3) is 0.309. The molecule has 32 heteroatoms. The number of ether oxygens (including phenoxy) is 1. The number of aliphatic hydroxyl groups is 2. The maximum Gasteiger partial charge on any atom is 0.419 e. The van der Waals surface area contributed by atoms with E-state index in [9.17, 15) is 58.2 Å². The predicted octanol–water partition coefficient (Wildman–Crippen LogP) is 11.9. The highest BCUT2D eigenvalue weighted by Crippen LogP contribution is 2.44. The average Bonchev–Trinajstić information content (AvgIpc) is 1.58. The van der Waals surface area contributed by atoms with Gasteiger partial charge < -0.3 is 39.5 Å². The number of hydrogen-bond acceptors (Lipinski definition) is 21. The van der Waals surface area contributed by atoms with Gasteiger partial charge >= 0.3 is 18.4 Å². The Morgan fingerprint density at radius 3 is 1.40 bits per heavy atom. The maximum atomic E-state index is 14.6. The molecule has 3 aromatic carbocycles. The molecule has 100 heavy (non-hydrogen) atoms. The van der Waals surface area contributed by atoms with Crippen LogP contribution in [0.25, 0.3) is 67.1 Å². The third-order valence-electron chi connectivity index (χ3n) is 16.6. The maximum absolute atomic E-state index is 14.6. The topological polar surface area (TPSA) is 305 Å². The van der Waals surface area contributed by atoms with Crippen molar-refractivity contribution >= 4 is 60.1 Å². The molecule has 2 saturated heterocycles. The summed E-state index contributed by atoms with van der Waals surface area (Å²) >= 11 is 0. The molecule has 2 aliphatic heterocycles. The quantitative estimate of drug-likeness (QED) is 0.0735. The Bertz CT molecular complexity index is 5050. The lowest BCUT2D eigenvalue weighted by molar-refractivity contribution is -0.138. The van der Waals surface area contributed by atoms with E-state index in [2.05, 4.69) is 55.8 Å². The highest BCUT2D eigenvalue weighted by Gasteiger charge is 2.41. The van der Waals surface area contributed by atoms with E-state index in [-0.39, 0.29) is 80.4 Å². The van der Waals surface area contributed by atoms with Gasteiger partial charge in [-0.05, 0) is 115 Å². The molecule has 0 spiro atoms. The molecule has 4 N–H and O–H groups in total. The number of aliphatic hydroxyl groups excluding tert-OH is 2. The Kier molecular flexibility index (Phi) is 19.0. The van der Waals surface area contributed by atoms with Gasteiger partial charge in [-0.1, -0.05) is 77.0 Å². The van der Waals surface area contributed by atoms with Gasteiger partial charge in [0.15, 0.2) is 11.3 Å². The van der Waals surface area contributed by atoms with E-state index in [1.165, 1.54) is 53.4 Å². The molecule has 13 rings (SSSR count). The largest absolute Gasteiger partial charge is 0.444 e. The molecule has 4 atom stereocenters. The van der Waals surface area contributed by atoms with E-state index < -0.39 is 84.9 Å². The number of halogens is 6. The molecular formula is C68H66F6N14O10S2. The number of likely N-dealkylation sites (tertiary alicyclic amines) is 2. The first-order valence-electron chi connectivity index (χ1n) is 31.3. The average molecular weight is 1420 g/mol. The van der Waals surface area contributed by atoms with E-state index >= 15 is 0 Å². The van der Waals surface area contributed by atoms with Gasteiger partial charge in [-0.15, -0.1) is 0 Å². The number of piperidine rings is 2. The smallest absolute Gasteiger partial charge is 0.419 e. The Hall–Kier alpha value is -10.2. The lowest BCUT2D eigenvalue weighted by Crippen LogP contribution is -2.52. The fourth-order valence-corrected chi connectivity index (χ4v) is 14.9. The van der Waals surface area contributed by atoms with E-state index in [1.807, 2.05) is 30.3 Å². The van der Waals surface area contributed by atoms with Crippen LogP contribution in [0.4, 0.5) is 43.0 Å². The Balaban J connectivity index is 0.000000190. The summed E-state index contributed by atoms with van der Waals surface area (Å²) in [5, 5.41) is 35.3. The molecule has 1 amide bonds. The monoisotopic (exact) mass is 1420 g/mol. The number of aromatic nitrogens is 10. The van der Waals surface area contributed by atoms with Crippen molar-refractivity contribution in [2.75, 3.05) is 36.8 Å². The normalized spacial score (nSPS) is 17.3. The highest BCUT2D eigenvalue weighted by molar-refractivity contribution is 7.90. The Morgan fingerprint density at radius 2 is 0.990 bits per heavy atom. The standard InChI is InChI=1S/C35H32F3N7O4S.C33H34F3N7O6S/c1-21-31(22(2)49-43-21)30-14-13-27-28(20-45(33(27)41-30)50(47,48)26-11-7-4-8-12-26)32-29(35(36,37)38)16-39-34(42-32)40-24-15-25(46)19-44(18-24)17-23-9-5-3-6-10-23;1-18-27(19(2)49-41-18)26-12-11-23-24(17-43(29(23)39-26)50(46,47)22-9-7-6-8-10-22)28-25(33(34,35)36)14-37-30(40-28)38-20-13-21(44)16-42(15-20)31(45)48-32(3,4)5/h3-14,16,20,24-25,46H,15,17-19H2,1-2H3,(H,39,40,42);6-12,14,17,20-21,44H,13,15-16H2,1-5H3,(H,37,38,40)/t24-,25+;20-,21+/m00/s1. The molecule has 8 aromatic heterocycles. The number of anilines is 2. The first kappa shape index (κ1) is 69.7. The number of β-amino-alcohol motifs (C(OH)–C–C–N with tert-alkyl or cyclic N) is 2. The van der Waals surface area contributed by atoms with E-state index in [0.717, 1.165) is 25.9 Å². The first-order valence-corrected chi connectivity index (χ1v) is 34.2. The van der Waals surface area contributed by atoms with Crippen LogP contribution in [-0.2, 0) is 43.7 Å². The van der Waals surface area contributed by atoms with Crippen LogP contribution in [0.1, 0.15) is 73.2 Å². The summed E-state index contributed by atoms with van der Waals surface area (Å²) in [7, 11) is -8.71. The van der Waals surface area contributed by atoms with Gasteiger partial charge in [0.1, 0.15) is 28.2 Å². The van der Waals surface area contributed by atoms with Gasteiger partial charge in [0.25, 0.3) is 20.0 Å². The number of nitrogens with zero attached hydrogens (tertiary/aromatic N) is 12. The minimum atomic E-state index is -4.93. The van der Waals surface area contributed by atoms with Gasteiger partial charge in [0.2, 0.25) is 11.9 Å². The van der Waals surface area contributed by atoms with Crippen LogP contribution >= 0.6 is 0 Å². The summed E-state index contributed by atoms with van der Waals surface area (Å²) in [6.45, 7) is 13.4. The van der Waals surface area contributed by atoms with Crippen molar-refractivity contribution in [2.24, 2.45) is 0 Å². The number of nitrogens with one attached hydrogen (secondary N) is 2. The summed E-state index contributed by atoms with van der Waals surface area (Å²) in [4.78, 5) is 41.7. The summed E-state index contributed by atoms with van der Waals surface area (Å²) < 4.78 is 161. The van der Waals surface area contributed by atoms with Crippen LogP contribution in [0, 0.1) is 27.7 Å². The lowest BCUT2D eigenvalue weighted by atomic mass is 10.0. The predicted molar refractivity (Wildman–Crippen MR) is 355 cm³/mol. The second-order valence-electron chi connectivity index (χ2n) is 25.3. The van der Waals surface area contributed by atoms with E-state index in [4.69, 9.17) is 13.8 Å². The van der Waals surface area contributed by atoms with Gasteiger partial charge in [-0.3, -0.25) is 4.90 Å². The number of pyridine rings is 2. The Morgan fingerprint density at radius 1 is 0.570 bits per heavy atom. The number of amides is 1. The zero-order valence-corrected chi connectivity index (χ0v) is 56.3. The van der Waals surface area contributed by atoms with Crippen LogP contribution in [0.3, 0.4) is 0 Å². The molecular weight excluding hydrogens is 1350 g/mol. The van der Waals surface area contributed by atoms with Crippen LogP contribution in [0.15, 0.2) is 159 Å². The number of carbonyl (C=O) groups excluding carboxylic acids is 1. The van der Waals surface area contributed by atoms with Gasteiger partial charge in [-0.25, -0.2) is 59.5 Å². The summed E-state index contributed by atoms with van der Waals surface area (Å²) in [5.74, 6) is 0.532. The minimum absolute atomic E-state index is 0.00449. The van der Waals surface area contributed by atoms with Crippen molar-refractivity contribution in [1.82, 2.24) is 58.0 Å². The van der Waals surface area contributed by atoms with Gasteiger partial charge in [0.05, 0.1) is 73.8 Å². The van der Waals surface area contributed by atoms with E-state index in [0.29, 0.717) is 83.9 Å². The first-order chi connectivity index (χ1) is 47.3. The van der Waals surface area contributed by atoms with Crippen molar-refractivity contribution < 1.29 is 72.0 Å². The fourth-order valence-electron chi connectivity index (χ4n) is 12.3. The van der Waals surface area contributed by atoms with Crippen molar-refractivity contribution in [1.29, 1.82) is 0 Å². The molecule has 0 radical (unpaired) electrons. The lowest BCUT2D eigenvalue weighted by Gasteiger charge is -2.36. The number of carbonyl (C=O) groups is 1. The molecule has 0 unspecified atom stereocenters. The van der Waals surface area contributed by atoms with Crippen LogP contribution < -0.4 is 10.6 Å². The summed E-state index contributed by atoms with van der Waals surface area (Å²) in [6.07, 6.45) is -8.17. The number of hydrogen-bond donors (Lipinski definition) is 4. The molecule has 0 aliphatic carbocycles. The van der Waals surface area contributed by atoms with Crippen molar-refractivity contribution in [2.45, 2.75) is 120 Å². The number of aryl methyl sites for hydroxylation is 4. The molecule has 2 aliphatic rings. The second-order valence-corrected chi connectivity index (χ2v) is 28.9. The minimum Gasteiger partial charge on any atom is -0.444 e. The molecule has 0 saturated carbocycles. The highest BCUT2D eigenvalue weighted by atomic mass is 32.2. The summed E-state index contributed by atoms with van der Waals surface area (Å²) in [6, 6.07) is 29.8. The van der Waals surface area contributed by atoms with Crippen molar-refractivity contribution in [3.8, 4) is 45.0 Å². The number of rotatable bonds is 14. The third kappa shape index (κ3) is 14.6. The van der Waals surface area contributed by atoms with Crippen LogP contribution in [0.2, 0.25) is 0 Å². The zero-order chi connectivity index (χ0) is 71.4. The molecule has 522 valence electrons. The SMILES string of the molecule is Cc1noc(C)c1-c1ccc2c(-c3nc(N[C@H]4C[C@@H](O)CN(C(=O)OC(C)(C)C)C4)ncc3C(F)(F)F)cn(S(=O)(=O)c3ccccc3)c2n1.Cc1noc(C)c1-c1ccc2c(-c3nc(N[C@H]4C[C@@H](O)CN(Cc5ccccc5)C4)ncc3C(F)(F)F)cn(S(=O)(=O)c3ccccc3)c2n1. The van der Waals surface area contributed by atoms with Crippen LogP contribution in [0.5, 0.6) is 0 Å². The molecule has 11 aromatic rings. The summed E-state index contributed by atoms with van der Waals surface area (Å²) in [5.41, 5.74) is -1.06. The van der Waals surface area contributed by atoms with Crippen LogP contribution in [-0.4, -0.2) is 147 Å². The molecule has 10 heterocycles. The Labute approximate surface area is 568 Å². The molecule has 2 fully saturated rings. The van der Waals surface area contributed by atoms with Crippen molar-refractivity contribution in [3.63, 3.8) is 0 Å². The second kappa shape index (κ2) is 27.2. The third-order valence-corrected chi connectivity index (χ3v) is 19.9.